The highest BCUT2D eigenvalue weighted by Crippen LogP contribution is 2.43. The molecule has 0 fully saturated rings. The van der Waals surface area contributed by atoms with Crippen LogP contribution < -0.4 is 5.73 Å². The number of rotatable bonds is 37. The van der Waals surface area contributed by atoms with Gasteiger partial charge in [-0.2, -0.15) is 0 Å². The first-order valence-corrected chi connectivity index (χ1v) is 21.7. The van der Waals surface area contributed by atoms with Crippen LogP contribution >= 0.6 is 7.82 Å². The molecule has 10 nitrogen and oxygen atoms in total. The van der Waals surface area contributed by atoms with Crippen LogP contribution in [0.1, 0.15) is 162 Å². The Kier molecular flexibility index (Phi) is 35.8. The maximum absolute atomic E-state index is 12.5. The lowest BCUT2D eigenvalue weighted by atomic mass is 10.0. The van der Waals surface area contributed by atoms with Gasteiger partial charge in [0.1, 0.15) is 6.61 Å². The van der Waals surface area contributed by atoms with Crippen LogP contribution in [0.3, 0.4) is 0 Å². The number of carbonyl (C=O) groups excluding carboxylic acids is 2. The Morgan fingerprint density at radius 2 is 1.15 bits per heavy atom. The summed E-state index contributed by atoms with van der Waals surface area (Å²) >= 11 is 0. The molecular weight excluding hydrogens is 681 g/mol. The fourth-order valence-electron chi connectivity index (χ4n) is 5.19. The monoisotopic (exact) mass is 756 g/mol. The van der Waals surface area contributed by atoms with Crippen molar-refractivity contribution in [3.63, 3.8) is 0 Å². The van der Waals surface area contributed by atoms with Gasteiger partial charge >= 0.3 is 19.8 Å². The second-order valence-corrected chi connectivity index (χ2v) is 14.8. The fourth-order valence-corrected chi connectivity index (χ4v) is 5.96. The Morgan fingerprint density at radius 1 is 0.654 bits per heavy atom. The Hall–Kier alpha value is -2.07. The number of esters is 2. The predicted molar refractivity (Wildman–Crippen MR) is 212 cm³/mol. The molecule has 0 aliphatic heterocycles. The van der Waals surface area contributed by atoms with Crippen molar-refractivity contribution < 1.29 is 42.7 Å². The number of ether oxygens (including phenoxy) is 2. The fraction of sp³-hybridized carbons (Fsp3) is 0.756. The molecule has 302 valence electrons. The second-order valence-electron chi connectivity index (χ2n) is 13.3. The summed E-state index contributed by atoms with van der Waals surface area (Å²) in [7, 11) is -4.39. The molecule has 0 aromatic heterocycles. The van der Waals surface area contributed by atoms with Crippen LogP contribution in [-0.4, -0.2) is 60.5 Å². The highest BCUT2D eigenvalue weighted by molar-refractivity contribution is 7.47. The van der Waals surface area contributed by atoms with E-state index in [0.29, 0.717) is 12.8 Å². The van der Waals surface area contributed by atoms with Gasteiger partial charge in [-0.05, 0) is 57.8 Å². The van der Waals surface area contributed by atoms with Gasteiger partial charge in [0.2, 0.25) is 0 Å². The molecule has 1 unspecified atom stereocenters. The third kappa shape index (κ3) is 36.3. The number of carbonyl (C=O) groups is 2. The molecule has 0 amide bonds. The minimum atomic E-state index is -4.39. The predicted octanol–water partition coefficient (Wildman–Crippen LogP) is 10.1. The SMILES string of the molecule is CCCCCCCCCCCCCCCC(=O)OC[C@H](COP(=O)(O)OCCN)OC(=O)CCC/C=C\C/C=C\C/C=C\C/C=C\CC[C@H](O)CC. The molecule has 0 spiro atoms. The Morgan fingerprint density at radius 3 is 1.69 bits per heavy atom. The largest absolute Gasteiger partial charge is 0.472 e. The minimum Gasteiger partial charge on any atom is -0.462 e. The summed E-state index contributed by atoms with van der Waals surface area (Å²) in [4.78, 5) is 34.7. The summed E-state index contributed by atoms with van der Waals surface area (Å²) in [5.41, 5.74) is 5.33. The van der Waals surface area contributed by atoms with Crippen molar-refractivity contribution in [2.75, 3.05) is 26.4 Å². The highest BCUT2D eigenvalue weighted by atomic mass is 31.2. The van der Waals surface area contributed by atoms with E-state index in [2.05, 4.69) is 43.4 Å². The zero-order valence-corrected chi connectivity index (χ0v) is 33.5. The molecule has 0 saturated carbocycles. The van der Waals surface area contributed by atoms with Crippen molar-refractivity contribution in [1.82, 2.24) is 0 Å². The maximum Gasteiger partial charge on any atom is 0.472 e. The van der Waals surface area contributed by atoms with Crippen LogP contribution in [-0.2, 0) is 32.7 Å². The third-order valence-electron chi connectivity index (χ3n) is 8.38. The van der Waals surface area contributed by atoms with Gasteiger partial charge in [0.05, 0.1) is 19.3 Å². The van der Waals surface area contributed by atoms with E-state index in [1.54, 1.807) is 0 Å². The summed E-state index contributed by atoms with van der Waals surface area (Å²) in [6.07, 6.45) is 38.0. The van der Waals surface area contributed by atoms with Gasteiger partial charge in [0.25, 0.3) is 0 Å². The minimum absolute atomic E-state index is 0.0383. The van der Waals surface area contributed by atoms with Gasteiger partial charge in [0.15, 0.2) is 6.10 Å². The van der Waals surface area contributed by atoms with Crippen molar-refractivity contribution in [2.24, 2.45) is 5.73 Å². The molecule has 0 bridgehead atoms. The van der Waals surface area contributed by atoms with Crippen LogP contribution in [0.2, 0.25) is 0 Å². The number of nitrogens with two attached hydrogens (primary N) is 1. The van der Waals surface area contributed by atoms with Crippen molar-refractivity contribution in [1.29, 1.82) is 0 Å². The number of allylic oxidation sites excluding steroid dienone is 8. The maximum atomic E-state index is 12.5. The smallest absolute Gasteiger partial charge is 0.462 e. The Balaban J connectivity index is 4.31. The molecule has 0 aliphatic carbocycles. The first kappa shape index (κ1) is 49.9. The molecule has 52 heavy (non-hydrogen) atoms. The van der Waals surface area contributed by atoms with E-state index >= 15 is 0 Å². The van der Waals surface area contributed by atoms with Crippen molar-refractivity contribution in [3.05, 3.63) is 48.6 Å². The average Bonchev–Trinajstić information content (AvgIpc) is 3.13. The Labute approximate surface area is 316 Å². The van der Waals surface area contributed by atoms with E-state index in [1.807, 2.05) is 19.1 Å². The van der Waals surface area contributed by atoms with Crippen molar-refractivity contribution in [3.8, 4) is 0 Å². The summed E-state index contributed by atoms with van der Waals surface area (Å²) in [5.74, 6) is -0.913. The molecular formula is C41H74NO9P. The van der Waals surface area contributed by atoms with E-state index < -0.39 is 32.5 Å². The van der Waals surface area contributed by atoms with Crippen LogP contribution in [0, 0.1) is 0 Å². The zero-order chi connectivity index (χ0) is 38.4. The number of phosphoric acid groups is 1. The standard InChI is InChI=1S/C41H74NO9P/c1-3-5-6-7-8-9-10-13-17-20-23-26-29-32-40(44)48-36-39(37-50-52(46,47)49-35-34-42)51-41(45)33-30-27-24-21-18-15-12-11-14-16-19-22-25-28-31-38(43)4-2/h12,14-16,21-22,24-25,38-39,43H,3-11,13,17-20,23,26-37,42H2,1-2H3,(H,46,47)/b15-12-,16-14-,24-21-,25-22-/t38-,39-/m1/s1. The zero-order valence-electron chi connectivity index (χ0n) is 32.6. The molecule has 0 heterocycles. The summed E-state index contributed by atoms with van der Waals surface area (Å²) in [6.45, 7) is 3.36. The molecule has 0 radical (unpaired) electrons. The summed E-state index contributed by atoms with van der Waals surface area (Å²) in [6, 6.07) is 0. The lowest BCUT2D eigenvalue weighted by molar-refractivity contribution is -0.161. The van der Waals surface area contributed by atoms with Crippen molar-refractivity contribution in [2.45, 2.75) is 174 Å². The number of unbranched alkanes of at least 4 members (excludes halogenated alkanes) is 13. The molecule has 11 heteroatoms. The molecule has 0 aliphatic rings. The quantitative estimate of drug-likeness (QED) is 0.0241. The number of hydrogen-bond acceptors (Lipinski definition) is 9. The van der Waals surface area contributed by atoms with E-state index in [-0.39, 0.29) is 38.7 Å². The van der Waals surface area contributed by atoms with E-state index in [4.69, 9.17) is 24.3 Å². The van der Waals surface area contributed by atoms with Gasteiger partial charge in [-0.15, -0.1) is 0 Å². The van der Waals surface area contributed by atoms with Crippen LogP contribution in [0.25, 0.3) is 0 Å². The Bertz CT molecular complexity index is 1010. The van der Waals surface area contributed by atoms with Gasteiger partial charge in [-0.3, -0.25) is 18.6 Å². The van der Waals surface area contributed by atoms with E-state index in [1.165, 1.54) is 64.2 Å². The normalized spacial score (nSPS) is 14.5. The lowest BCUT2D eigenvalue weighted by Crippen LogP contribution is -2.29. The third-order valence-corrected chi connectivity index (χ3v) is 9.37. The summed E-state index contributed by atoms with van der Waals surface area (Å²) < 4.78 is 32.6. The number of hydrogen-bond donors (Lipinski definition) is 3. The van der Waals surface area contributed by atoms with Crippen LogP contribution in [0.15, 0.2) is 48.6 Å². The second kappa shape index (κ2) is 37.3. The molecule has 4 N–H and O–H groups in total. The molecule has 0 rings (SSSR count). The molecule has 0 aromatic carbocycles. The molecule has 3 atom stereocenters. The summed E-state index contributed by atoms with van der Waals surface area (Å²) in [5, 5.41) is 9.55. The van der Waals surface area contributed by atoms with E-state index in [9.17, 15) is 24.2 Å². The van der Waals surface area contributed by atoms with E-state index in [0.717, 1.165) is 57.8 Å². The van der Waals surface area contributed by atoms with Crippen LogP contribution in [0.4, 0.5) is 0 Å². The van der Waals surface area contributed by atoms with Gasteiger partial charge in [-0.25, -0.2) is 4.57 Å². The van der Waals surface area contributed by atoms with Gasteiger partial charge in [-0.1, -0.05) is 140 Å². The van der Waals surface area contributed by atoms with Gasteiger partial charge < -0.3 is 25.2 Å². The highest BCUT2D eigenvalue weighted by Gasteiger charge is 2.25. The van der Waals surface area contributed by atoms with Gasteiger partial charge in [0, 0.05) is 19.4 Å². The van der Waals surface area contributed by atoms with Crippen LogP contribution in [0.5, 0.6) is 0 Å². The number of aliphatic hydroxyl groups excluding tert-OH is 1. The first-order valence-electron chi connectivity index (χ1n) is 20.2. The lowest BCUT2D eigenvalue weighted by Gasteiger charge is -2.19. The molecule has 0 saturated heterocycles. The van der Waals surface area contributed by atoms with Crippen molar-refractivity contribution >= 4 is 19.8 Å². The average molecular weight is 756 g/mol. The number of aliphatic hydroxyl groups is 1. The topological polar surface area (TPSA) is 155 Å². The first-order chi connectivity index (χ1) is 25.2. The molecule has 0 aromatic rings. The number of phosphoric ester groups is 1.